The molecule has 0 aromatic carbocycles. The molecule has 2 fully saturated rings. The lowest BCUT2D eigenvalue weighted by Crippen LogP contribution is -2.49. The average molecular weight is 345 g/mol. The number of β-amino-alcohol motifs (C(OH)–C–C–N with tert-alkyl or cyclic N) is 1. The molecule has 0 aromatic heterocycles. The van der Waals surface area contributed by atoms with Gasteiger partial charge in [-0.3, -0.25) is 9.80 Å². The van der Waals surface area contributed by atoms with Gasteiger partial charge in [-0.1, -0.05) is 20.8 Å². The van der Waals surface area contributed by atoms with Gasteiger partial charge in [0.2, 0.25) is 0 Å². The highest BCUT2D eigenvalue weighted by atomic mass is 32.1. The SMILES string of the molecule is C[C@@H]1C[C@H](OC[C@H](S)CN2CCN(CCO)CC2)CC(C)(C)C1. The molecule has 2 aliphatic rings. The van der Waals surface area contributed by atoms with E-state index in [-0.39, 0.29) is 6.61 Å². The van der Waals surface area contributed by atoms with Crippen molar-refractivity contribution in [2.45, 2.75) is 51.4 Å². The minimum absolute atomic E-state index is 0.263. The Labute approximate surface area is 148 Å². The molecule has 1 aliphatic carbocycles. The Hall–Kier alpha value is 0.190. The Kier molecular flexibility index (Phi) is 7.67. The third kappa shape index (κ3) is 6.91. The van der Waals surface area contributed by atoms with Gasteiger partial charge in [-0.05, 0) is 30.6 Å². The normalized spacial score (nSPS) is 31.2. The van der Waals surface area contributed by atoms with E-state index in [4.69, 9.17) is 22.5 Å². The van der Waals surface area contributed by atoms with Crippen molar-refractivity contribution in [1.82, 2.24) is 9.80 Å². The van der Waals surface area contributed by atoms with E-state index in [0.717, 1.165) is 51.8 Å². The van der Waals surface area contributed by atoms with E-state index in [1.807, 2.05) is 0 Å². The molecule has 4 nitrogen and oxygen atoms in total. The standard InChI is InChI=1S/C18H36N2O2S/c1-15-10-16(12-18(2,3)11-15)22-14-17(23)13-20-6-4-19(5-7-20)8-9-21/h15-17,21,23H,4-14H2,1-3H3/t15-,16+,17-/m1/s1. The first-order chi connectivity index (χ1) is 10.9. The van der Waals surface area contributed by atoms with Gasteiger partial charge in [0.1, 0.15) is 0 Å². The van der Waals surface area contributed by atoms with Gasteiger partial charge in [-0.25, -0.2) is 0 Å². The maximum Gasteiger partial charge on any atom is 0.0598 e. The minimum Gasteiger partial charge on any atom is -0.395 e. The maximum absolute atomic E-state index is 9.00. The number of nitrogens with zero attached hydrogens (tertiary/aromatic N) is 2. The first-order valence-corrected chi connectivity index (χ1v) is 9.75. The Morgan fingerprint density at radius 1 is 1.17 bits per heavy atom. The van der Waals surface area contributed by atoms with Gasteiger partial charge < -0.3 is 9.84 Å². The minimum atomic E-state index is 0.263. The van der Waals surface area contributed by atoms with E-state index in [2.05, 4.69) is 30.6 Å². The number of thiol groups is 1. The molecule has 3 atom stereocenters. The zero-order valence-corrected chi connectivity index (χ0v) is 16.1. The summed E-state index contributed by atoms with van der Waals surface area (Å²) in [5.41, 5.74) is 0.414. The summed E-state index contributed by atoms with van der Waals surface area (Å²) in [6.07, 6.45) is 4.10. The summed E-state index contributed by atoms with van der Waals surface area (Å²) in [5, 5.41) is 9.29. The smallest absolute Gasteiger partial charge is 0.0598 e. The molecular weight excluding hydrogens is 308 g/mol. The Morgan fingerprint density at radius 3 is 2.43 bits per heavy atom. The number of rotatable bonds is 7. The highest BCUT2D eigenvalue weighted by Crippen LogP contribution is 2.39. The van der Waals surface area contributed by atoms with E-state index >= 15 is 0 Å². The highest BCUT2D eigenvalue weighted by Gasteiger charge is 2.32. The fraction of sp³-hybridized carbons (Fsp3) is 1.00. The van der Waals surface area contributed by atoms with E-state index in [9.17, 15) is 0 Å². The van der Waals surface area contributed by atoms with Gasteiger partial charge in [0.25, 0.3) is 0 Å². The van der Waals surface area contributed by atoms with E-state index in [1.165, 1.54) is 19.3 Å². The predicted octanol–water partition coefficient (Wildman–Crippen LogP) is 2.13. The van der Waals surface area contributed by atoms with Crippen LogP contribution in [0.25, 0.3) is 0 Å². The van der Waals surface area contributed by atoms with Crippen LogP contribution in [0.15, 0.2) is 0 Å². The molecule has 1 saturated carbocycles. The van der Waals surface area contributed by atoms with Crippen molar-refractivity contribution in [3.63, 3.8) is 0 Å². The monoisotopic (exact) mass is 344 g/mol. The summed E-state index contributed by atoms with van der Waals surface area (Å²) < 4.78 is 6.21. The Balaban J connectivity index is 1.64. The van der Waals surface area contributed by atoms with Crippen LogP contribution in [0.1, 0.15) is 40.0 Å². The van der Waals surface area contributed by atoms with Crippen molar-refractivity contribution < 1.29 is 9.84 Å². The van der Waals surface area contributed by atoms with Gasteiger partial charge >= 0.3 is 0 Å². The summed E-state index contributed by atoms with van der Waals surface area (Å²) in [7, 11) is 0. The quantitative estimate of drug-likeness (QED) is 0.694. The summed E-state index contributed by atoms with van der Waals surface area (Å²) in [6.45, 7) is 14.2. The number of aliphatic hydroxyl groups excluding tert-OH is 1. The molecule has 0 bridgehead atoms. The molecule has 1 N–H and O–H groups in total. The van der Waals surface area contributed by atoms with Crippen molar-refractivity contribution in [3.8, 4) is 0 Å². The molecule has 5 heteroatoms. The van der Waals surface area contributed by atoms with Crippen molar-refractivity contribution >= 4 is 12.6 Å². The van der Waals surface area contributed by atoms with Crippen LogP contribution < -0.4 is 0 Å². The number of hydrogen-bond donors (Lipinski definition) is 2. The molecule has 0 amide bonds. The Morgan fingerprint density at radius 2 is 1.83 bits per heavy atom. The van der Waals surface area contributed by atoms with Crippen LogP contribution in [0.2, 0.25) is 0 Å². The van der Waals surface area contributed by atoms with Crippen molar-refractivity contribution in [3.05, 3.63) is 0 Å². The van der Waals surface area contributed by atoms with Crippen molar-refractivity contribution in [2.24, 2.45) is 11.3 Å². The molecule has 0 aromatic rings. The number of ether oxygens (including phenoxy) is 1. The first-order valence-electron chi connectivity index (χ1n) is 9.23. The largest absolute Gasteiger partial charge is 0.395 e. The topological polar surface area (TPSA) is 35.9 Å². The zero-order valence-electron chi connectivity index (χ0n) is 15.2. The fourth-order valence-corrected chi connectivity index (χ4v) is 4.64. The third-order valence-electron chi connectivity index (χ3n) is 5.22. The van der Waals surface area contributed by atoms with Crippen LogP contribution in [0.5, 0.6) is 0 Å². The average Bonchev–Trinajstić information content (AvgIpc) is 2.45. The number of hydrogen-bond acceptors (Lipinski definition) is 5. The lowest BCUT2D eigenvalue weighted by molar-refractivity contribution is -0.0244. The molecule has 136 valence electrons. The summed E-state index contributed by atoms with van der Waals surface area (Å²) in [4.78, 5) is 4.80. The number of aliphatic hydroxyl groups is 1. The van der Waals surface area contributed by atoms with Gasteiger partial charge in [0.15, 0.2) is 0 Å². The second-order valence-electron chi connectivity index (χ2n) is 8.39. The van der Waals surface area contributed by atoms with Crippen molar-refractivity contribution in [1.29, 1.82) is 0 Å². The molecular formula is C18H36N2O2S. The summed E-state index contributed by atoms with van der Waals surface area (Å²) in [5.74, 6) is 0.765. The zero-order chi connectivity index (χ0) is 16.9. The summed E-state index contributed by atoms with van der Waals surface area (Å²) in [6, 6.07) is 0. The van der Waals surface area contributed by atoms with Gasteiger partial charge in [-0.2, -0.15) is 12.6 Å². The first kappa shape index (κ1) is 19.5. The Bertz CT molecular complexity index is 346. The molecule has 0 spiro atoms. The van der Waals surface area contributed by atoms with Crippen LogP contribution in [-0.2, 0) is 4.74 Å². The van der Waals surface area contributed by atoms with Crippen LogP contribution >= 0.6 is 12.6 Å². The van der Waals surface area contributed by atoms with E-state index < -0.39 is 0 Å². The fourth-order valence-electron chi connectivity index (χ4n) is 4.32. The maximum atomic E-state index is 9.00. The van der Waals surface area contributed by atoms with E-state index in [1.54, 1.807) is 0 Å². The van der Waals surface area contributed by atoms with Crippen LogP contribution in [0, 0.1) is 11.3 Å². The second-order valence-corrected chi connectivity index (χ2v) is 9.12. The summed E-state index contributed by atoms with van der Waals surface area (Å²) >= 11 is 4.75. The van der Waals surface area contributed by atoms with Crippen molar-refractivity contribution in [2.75, 3.05) is 52.5 Å². The van der Waals surface area contributed by atoms with Crippen LogP contribution in [-0.4, -0.2) is 78.7 Å². The van der Waals surface area contributed by atoms with Gasteiger partial charge in [0, 0.05) is 44.5 Å². The molecule has 1 saturated heterocycles. The number of piperazine rings is 1. The molecule has 1 aliphatic heterocycles. The molecule has 0 radical (unpaired) electrons. The molecule has 0 unspecified atom stereocenters. The lowest BCUT2D eigenvalue weighted by Gasteiger charge is -2.39. The lowest BCUT2D eigenvalue weighted by atomic mass is 9.71. The third-order valence-corrected chi connectivity index (χ3v) is 5.53. The van der Waals surface area contributed by atoms with Gasteiger partial charge in [0.05, 0.1) is 19.3 Å². The second kappa shape index (κ2) is 9.04. The molecule has 23 heavy (non-hydrogen) atoms. The molecule has 1 heterocycles. The molecule has 2 rings (SSSR count). The van der Waals surface area contributed by atoms with E-state index in [0.29, 0.717) is 16.8 Å². The highest BCUT2D eigenvalue weighted by molar-refractivity contribution is 7.81. The van der Waals surface area contributed by atoms with Gasteiger partial charge in [-0.15, -0.1) is 0 Å². The predicted molar refractivity (Wildman–Crippen MR) is 99.3 cm³/mol. The van der Waals surface area contributed by atoms with Crippen LogP contribution in [0.4, 0.5) is 0 Å². The van der Waals surface area contributed by atoms with Crippen LogP contribution in [0.3, 0.4) is 0 Å².